The maximum atomic E-state index is 12.3. The molecule has 0 aliphatic carbocycles. The highest BCUT2D eigenvalue weighted by Crippen LogP contribution is 2.19. The number of nitrogens with two attached hydrogens (primary N) is 1. The molecule has 24 heavy (non-hydrogen) atoms. The van der Waals surface area contributed by atoms with Gasteiger partial charge in [-0.25, -0.2) is 4.99 Å². The third-order valence-corrected chi connectivity index (χ3v) is 3.51. The fourth-order valence-corrected chi connectivity index (χ4v) is 2.18. The second-order valence-corrected chi connectivity index (χ2v) is 5.24. The first-order valence-electron chi connectivity index (χ1n) is 7.39. The van der Waals surface area contributed by atoms with Gasteiger partial charge >= 0.3 is 0 Å². The lowest BCUT2D eigenvalue weighted by Crippen LogP contribution is -2.15. The van der Waals surface area contributed by atoms with Crippen molar-refractivity contribution in [3.05, 3.63) is 65.0 Å². The first-order valence-corrected chi connectivity index (χ1v) is 7.39. The van der Waals surface area contributed by atoms with Gasteiger partial charge in [-0.1, -0.05) is 24.3 Å². The molecule has 0 bridgehead atoms. The molecular weight excluding hydrogens is 304 g/mol. The van der Waals surface area contributed by atoms with E-state index in [0.29, 0.717) is 11.3 Å². The molecule has 0 amide bonds. The van der Waals surface area contributed by atoms with Crippen LogP contribution >= 0.6 is 0 Å². The second kappa shape index (κ2) is 7.88. The van der Waals surface area contributed by atoms with E-state index in [2.05, 4.69) is 9.98 Å². The quantitative estimate of drug-likeness (QED) is 0.517. The van der Waals surface area contributed by atoms with Crippen LogP contribution < -0.4 is 5.73 Å². The van der Waals surface area contributed by atoms with Crippen LogP contribution in [0.1, 0.15) is 40.1 Å². The number of pyridine rings is 1. The number of nitrogens with zero attached hydrogens (tertiary/aromatic N) is 3. The maximum Gasteiger partial charge on any atom is 0.282 e. The van der Waals surface area contributed by atoms with Crippen LogP contribution in [-0.2, 0) is 11.2 Å². The van der Waals surface area contributed by atoms with Crippen LogP contribution in [0.15, 0.2) is 47.6 Å². The van der Waals surface area contributed by atoms with Crippen molar-refractivity contribution in [1.29, 1.82) is 5.26 Å². The third kappa shape index (κ3) is 4.40. The van der Waals surface area contributed by atoms with Gasteiger partial charge in [-0.3, -0.25) is 9.78 Å². The number of benzene rings is 1. The molecule has 0 saturated carbocycles. The lowest BCUT2D eigenvalue weighted by Gasteiger charge is -2.10. The molecule has 1 heterocycles. The first kappa shape index (κ1) is 17.2. The summed E-state index contributed by atoms with van der Waals surface area (Å²) in [5.41, 5.74) is 8.14. The number of aromatic nitrogens is 1. The van der Waals surface area contributed by atoms with Gasteiger partial charge in [-0.05, 0) is 30.2 Å². The number of rotatable bonds is 5. The number of methoxy groups -OCH3 is 1. The molecular formula is C18H18N4O2. The highest BCUT2D eigenvalue weighted by atomic mass is 16.5. The van der Waals surface area contributed by atoms with Crippen LogP contribution in [0.25, 0.3) is 0 Å². The van der Waals surface area contributed by atoms with Crippen LogP contribution in [0.5, 0.6) is 0 Å². The highest BCUT2D eigenvalue weighted by molar-refractivity contribution is 5.95. The van der Waals surface area contributed by atoms with Gasteiger partial charge in [0.2, 0.25) is 0 Å². The van der Waals surface area contributed by atoms with E-state index in [1.54, 1.807) is 12.1 Å². The van der Waals surface area contributed by atoms with Gasteiger partial charge in [0.1, 0.15) is 11.8 Å². The van der Waals surface area contributed by atoms with Crippen molar-refractivity contribution < 1.29 is 9.53 Å². The van der Waals surface area contributed by atoms with Gasteiger partial charge in [0.05, 0.1) is 18.7 Å². The molecule has 2 rings (SSSR count). The number of Topliss-reactive ketones (excluding diaryl/α,β-unsaturated/α-hetero) is 1. The van der Waals surface area contributed by atoms with E-state index in [0.717, 1.165) is 11.1 Å². The zero-order chi connectivity index (χ0) is 17.5. The molecule has 6 heteroatoms. The summed E-state index contributed by atoms with van der Waals surface area (Å²) in [6.07, 6.45) is 1.62. The van der Waals surface area contributed by atoms with Gasteiger partial charge in [-0.15, -0.1) is 0 Å². The summed E-state index contributed by atoms with van der Waals surface area (Å²) in [4.78, 5) is 20.5. The summed E-state index contributed by atoms with van der Waals surface area (Å²) in [6, 6.07) is 12.7. The lowest BCUT2D eigenvalue weighted by molar-refractivity contribution is 0.0988. The van der Waals surface area contributed by atoms with E-state index in [1.165, 1.54) is 13.3 Å². The molecule has 0 saturated heterocycles. The number of carbonyl (C=O) groups excluding carboxylic acids is 1. The van der Waals surface area contributed by atoms with Gasteiger partial charge in [0.15, 0.2) is 5.78 Å². The molecule has 6 nitrogen and oxygen atoms in total. The topological polar surface area (TPSA) is 101 Å². The molecule has 0 fully saturated rings. The van der Waals surface area contributed by atoms with E-state index in [-0.39, 0.29) is 24.3 Å². The molecule has 1 aromatic carbocycles. The van der Waals surface area contributed by atoms with Crippen molar-refractivity contribution in [3.8, 4) is 6.07 Å². The molecule has 1 unspecified atom stereocenters. The Hall–Kier alpha value is -3.20. The van der Waals surface area contributed by atoms with Crippen molar-refractivity contribution in [1.82, 2.24) is 4.98 Å². The average molecular weight is 322 g/mol. The molecule has 1 aromatic heterocycles. The van der Waals surface area contributed by atoms with Gasteiger partial charge in [-0.2, -0.15) is 5.26 Å². The Morgan fingerprint density at radius 1 is 1.42 bits per heavy atom. The Bertz CT molecular complexity index is 791. The smallest absolute Gasteiger partial charge is 0.282 e. The molecule has 2 aromatic rings. The SMILES string of the molecule is COC(N)=NC(C)c1cccc(CC(=O)c2ccc(C#N)cn2)c1. The number of ether oxygens (including phenoxy) is 1. The minimum atomic E-state index is -0.173. The van der Waals surface area contributed by atoms with E-state index >= 15 is 0 Å². The lowest BCUT2D eigenvalue weighted by atomic mass is 10.0. The first-order chi connectivity index (χ1) is 11.5. The summed E-state index contributed by atoms with van der Waals surface area (Å²) in [6.45, 7) is 1.90. The van der Waals surface area contributed by atoms with E-state index < -0.39 is 0 Å². The summed E-state index contributed by atoms with van der Waals surface area (Å²) < 4.78 is 4.86. The Labute approximate surface area is 140 Å². The van der Waals surface area contributed by atoms with Crippen molar-refractivity contribution in [2.45, 2.75) is 19.4 Å². The fraction of sp³-hybridized carbons (Fsp3) is 0.222. The number of hydrogen-bond acceptors (Lipinski definition) is 5. The standard InChI is InChI=1S/C18H18N4O2/c1-12(22-18(20)24-2)15-5-3-4-13(8-15)9-17(23)16-7-6-14(10-19)11-21-16/h3-8,11-12H,9H2,1-2H3,(H2,20,22). The van der Waals surface area contributed by atoms with Crippen molar-refractivity contribution in [3.63, 3.8) is 0 Å². The minimum Gasteiger partial charge on any atom is -0.469 e. The van der Waals surface area contributed by atoms with Gasteiger partial charge < -0.3 is 10.5 Å². The number of amidine groups is 1. The predicted octanol–water partition coefficient (Wildman–Crippen LogP) is 2.40. The molecule has 0 aliphatic heterocycles. The van der Waals surface area contributed by atoms with Crippen LogP contribution in [-0.4, -0.2) is 23.9 Å². The normalized spacial score (nSPS) is 12.3. The molecule has 1 atom stereocenters. The monoisotopic (exact) mass is 322 g/mol. The third-order valence-electron chi connectivity index (χ3n) is 3.51. The van der Waals surface area contributed by atoms with Crippen molar-refractivity contribution >= 4 is 11.8 Å². The number of ketones is 1. The molecule has 0 radical (unpaired) electrons. The fourth-order valence-electron chi connectivity index (χ4n) is 2.18. The predicted molar refractivity (Wildman–Crippen MR) is 90.5 cm³/mol. The molecule has 0 spiro atoms. The largest absolute Gasteiger partial charge is 0.469 e. The van der Waals surface area contributed by atoms with E-state index in [9.17, 15) is 4.79 Å². The van der Waals surface area contributed by atoms with Crippen LogP contribution in [0, 0.1) is 11.3 Å². The Morgan fingerprint density at radius 2 is 2.21 bits per heavy atom. The minimum absolute atomic E-state index is 0.107. The Morgan fingerprint density at radius 3 is 2.83 bits per heavy atom. The summed E-state index contributed by atoms with van der Waals surface area (Å²) >= 11 is 0. The number of aliphatic imine (C=N–C) groups is 1. The number of hydrogen-bond donors (Lipinski definition) is 1. The van der Waals surface area contributed by atoms with Gasteiger partial charge in [0, 0.05) is 12.6 Å². The second-order valence-electron chi connectivity index (χ2n) is 5.24. The number of carbonyl (C=O) groups is 1. The summed E-state index contributed by atoms with van der Waals surface area (Å²) in [5.74, 6) is -0.107. The van der Waals surface area contributed by atoms with Crippen LogP contribution in [0.3, 0.4) is 0 Å². The Kier molecular flexibility index (Phi) is 5.63. The van der Waals surface area contributed by atoms with Crippen molar-refractivity contribution in [2.24, 2.45) is 10.7 Å². The van der Waals surface area contributed by atoms with E-state index in [1.807, 2.05) is 37.3 Å². The zero-order valence-electron chi connectivity index (χ0n) is 13.6. The number of nitriles is 1. The Balaban J connectivity index is 2.14. The van der Waals surface area contributed by atoms with Crippen LogP contribution in [0.2, 0.25) is 0 Å². The zero-order valence-corrected chi connectivity index (χ0v) is 13.6. The van der Waals surface area contributed by atoms with E-state index in [4.69, 9.17) is 15.7 Å². The molecule has 122 valence electrons. The summed E-state index contributed by atoms with van der Waals surface area (Å²) in [5, 5.41) is 8.76. The van der Waals surface area contributed by atoms with Gasteiger partial charge in [0.25, 0.3) is 6.02 Å². The summed E-state index contributed by atoms with van der Waals surface area (Å²) in [7, 11) is 1.46. The average Bonchev–Trinajstić information content (AvgIpc) is 2.61. The molecule has 0 aliphatic rings. The van der Waals surface area contributed by atoms with Crippen molar-refractivity contribution in [2.75, 3.05) is 7.11 Å². The highest BCUT2D eigenvalue weighted by Gasteiger charge is 2.11. The maximum absolute atomic E-state index is 12.3. The van der Waals surface area contributed by atoms with Crippen LogP contribution in [0.4, 0.5) is 0 Å². The molecule has 2 N–H and O–H groups in total.